The van der Waals surface area contributed by atoms with E-state index >= 15 is 0 Å². The summed E-state index contributed by atoms with van der Waals surface area (Å²) < 4.78 is 10.3. The second-order valence-corrected chi connectivity index (χ2v) is 2.55. The molecular weight excluding hydrogens is 168 g/mol. The second kappa shape index (κ2) is 4.77. The summed E-state index contributed by atoms with van der Waals surface area (Å²) in [6.07, 6.45) is 2.29. The lowest BCUT2D eigenvalue weighted by atomic mass is 10.2. The van der Waals surface area contributed by atoms with E-state index in [1.54, 1.807) is 0 Å². The van der Waals surface area contributed by atoms with Gasteiger partial charge >= 0.3 is 0 Å². The Labute approximate surface area is 77.6 Å². The van der Waals surface area contributed by atoms with Gasteiger partial charge in [0.15, 0.2) is 0 Å². The van der Waals surface area contributed by atoms with Crippen molar-refractivity contribution in [2.24, 2.45) is 0 Å². The standard InChI is InChI=1S/C9H14N2O2/c1-4-7(12-6-3)9-10-8(5-2)13-11-9/h5,7H,2,4,6H2,1,3H3. The van der Waals surface area contributed by atoms with Crippen LogP contribution in [-0.4, -0.2) is 16.7 Å². The molecule has 0 saturated carbocycles. The van der Waals surface area contributed by atoms with Gasteiger partial charge in [0.25, 0.3) is 0 Å². The fraction of sp³-hybridized carbons (Fsp3) is 0.556. The van der Waals surface area contributed by atoms with Crippen molar-refractivity contribution >= 4 is 6.08 Å². The zero-order chi connectivity index (χ0) is 9.68. The highest BCUT2D eigenvalue weighted by Gasteiger charge is 2.15. The minimum atomic E-state index is -0.0672. The molecule has 0 aliphatic rings. The number of hydrogen-bond acceptors (Lipinski definition) is 4. The smallest absolute Gasteiger partial charge is 0.250 e. The summed E-state index contributed by atoms with van der Waals surface area (Å²) in [7, 11) is 0. The van der Waals surface area contributed by atoms with Crippen LogP contribution in [0.1, 0.15) is 38.1 Å². The maximum Gasteiger partial charge on any atom is 0.250 e. The van der Waals surface area contributed by atoms with Crippen molar-refractivity contribution < 1.29 is 9.26 Å². The molecule has 0 radical (unpaired) electrons. The van der Waals surface area contributed by atoms with Crippen LogP contribution in [0.2, 0.25) is 0 Å². The minimum Gasteiger partial charge on any atom is -0.370 e. The molecule has 1 aromatic rings. The van der Waals surface area contributed by atoms with Crippen molar-refractivity contribution in [2.45, 2.75) is 26.4 Å². The van der Waals surface area contributed by atoms with Gasteiger partial charge in [0.1, 0.15) is 6.10 Å². The molecular formula is C9H14N2O2. The van der Waals surface area contributed by atoms with E-state index in [4.69, 9.17) is 9.26 Å². The number of nitrogens with zero attached hydrogens (tertiary/aromatic N) is 2. The van der Waals surface area contributed by atoms with Gasteiger partial charge in [-0.3, -0.25) is 0 Å². The Morgan fingerprint density at radius 2 is 2.38 bits per heavy atom. The van der Waals surface area contributed by atoms with E-state index in [9.17, 15) is 0 Å². The fourth-order valence-corrected chi connectivity index (χ4v) is 1.04. The van der Waals surface area contributed by atoms with Gasteiger partial charge in [0, 0.05) is 6.61 Å². The van der Waals surface area contributed by atoms with Crippen molar-refractivity contribution in [3.8, 4) is 0 Å². The van der Waals surface area contributed by atoms with Crippen LogP contribution in [0.15, 0.2) is 11.1 Å². The summed E-state index contributed by atoms with van der Waals surface area (Å²) in [5, 5.41) is 3.79. The van der Waals surface area contributed by atoms with Gasteiger partial charge in [-0.15, -0.1) is 0 Å². The highest BCUT2D eigenvalue weighted by atomic mass is 16.5. The third-order valence-corrected chi connectivity index (χ3v) is 1.66. The Morgan fingerprint density at radius 3 is 2.85 bits per heavy atom. The fourth-order valence-electron chi connectivity index (χ4n) is 1.04. The van der Waals surface area contributed by atoms with Crippen molar-refractivity contribution in [3.63, 3.8) is 0 Å². The maximum atomic E-state index is 5.42. The Balaban J connectivity index is 2.72. The van der Waals surface area contributed by atoms with E-state index in [0.29, 0.717) is 18.3 Å². The Morgan fingerprint density at radius 1 is 1.62 bits per heavy atom. The lowest BCUT2D eigenvalue weighted by molar-refractivity contribution is 0.0518. The number of ether oxygens (including phenoxy) is 1. The van der Waals surface area contributed by atoms with Crippen LogP contribution < -0.4 is 0 Å². The first-order valence-electron chi connectivity index (χ1n) is 4.39. The van der Waals surface area contributed by atoms with Crippen molar-refractivity contribution in [2.75, 3.05) is 6.61 Å². The Bertz CT molecular complexity index is 270. The summed E-state index contributed by atoms with van der Waals surface area (Å²) in [5.74, 6) is 1.03. The first-order valence-corrected chi connectivity index (χ1v) is 4.39. The number of hydrogen-bond donors (Lipinski definition) is 0. The van der Waals surface area contributed by atoms with Gasteiger partial charge in [0.05, 0.1) is 0 Å². The molecule has 4 nitrogen and oxygen atoms in total. The van der Waals surface area contributed by atoms with Crippen LogP contribution in [0.4, 0.5) is 0 Å². The molecule has 13 heavy (non-hydrogen) atoms. The predicted molar refractivity (Wildman–Crippen MR) is 49.0 cm³/mol. The third-order valence-electron chi connectivity index (χ3n) is 1.66. The summed E-state index contributed by atoms with van der Waals surface area (Å²) in [6, 6.07) is 0. The molecule has 1 heterocycles. The molecule has 0 aromatic carbocycles. The van der Waals surface area contributed by atoms with Crippen molar-refractivity contribution in [1.29, 1.82) is 0 Å². The minimum absolute atomic E-state index is 0.0672. The summed E-state index contributed by atoms with van der Waals surface area (Å²) in [4.78, 5) is 4.10. The molecule has 0 aliphatic heterocycles. The quantitative estimate of drug-likeness (QED) is 0.700. The van der Waals surface area contributed by atoms with E-state index in [0.717, 1.165) is 6.42 Å². The molecule has 72 valence electrons. The van der Waals surface area contributed by atoms with Crippen LogP contribution in [0, 0.1) is 0 Å². The normalized spacial score (nSPS) is 12.8. The SMILES string of the molecule is C=Cc1nc(C(CC)OCC)no1. The maximum absolute atomic E-state index is 5.42. The zero-order valence-electron chi connectivity index (χ0n) is 7.99. The van der Waals surface area contributed by atoms with Gasteiger partial charge < -0.3 is 9.26 Å². The van der Waals surface area contributed by atoms with E-state index in [2.05, 4.69) is 16.7 Å². The molecule has 4 heteroatoms. The summed E-state index contributed by atoms with van der Waals surface area (Å²) in [5.41, 5.74) is 0. The first-order chi connectivity index (χ1) is 6.31. The molecule has 0 N–H and O–H groups in total. The summed E-state index contributed by atoms with van der Waals surface area (Å²) in [6.45, 7) is 8.15. The molecule has 1 rings (SSSR count). The largest absolute Gasteiger partial charge is 0.370 e. The van der Waals surface area contributed by atoms with Crippen LogP contribution in [0.25, 0.3) is 6.08 Å². The molecule has 1 unspecified atom stereocenters. The molecule has 0 fully saturated rings. The molecule has 0 bridgehead atoms. The molecule has 1 atom stereocenters. The number of rotatable bonds is 5. The molecule has 1 aromatic heterocycles. The van der Waals surface area contributed by atoms with E-state index < -0.39 is 0 Å². The Hall–Kier alpha value is -1.16. The molecule has 0 saturated heterocycles. The van der Waals surface area contributed by atoms with Crippen LogP contribution >= 0.6 is 0 Å². The third kappa shape index (κ3) is 2.39. The molecule has 0 amide bonds. The van der Waals surface area contributed by atoms with Gasteiger partial charge in [-0.2, -0.15) is 4.98 Å². The van der Waals surface area contributed by atoms with Crippen molar-refractivity contribution in [1.82, 2.24) is 10.1 Å². The highest BCUT2D eigenvalue weighted by molar-refractivity contribution is 5.32. The second-order valence-electron chi connectivity index (χ2n) is 2.55. The zero-order valence-corrected chi connectivity index (χ0v) is 7.99. The van der Waals surface area contributed by atoms with E-state index in [-0.39, 0.29) is 6.10 Å². The van der Waals surface area contributed by atoms with Crippen LogP contribution in [-0.2, 0) is 4.74 Å². The van der Waals surface area contributed by atoms with E-state index in [1.807, 2.05) is 13.8 Å². The number of aromatic nitrogens is 2. The van der Waals surface area contributed by atoms with Gasteiger partial charge in [-0.25, -0.2) is 0 Å². The first kappa shape index (κ1) is 9.92. The molecule has 0 aliphatic carbocycles. The van der Waals surface area contributed by atoms with Crippen molar-refractivity contribution in [3.05, 3.63) is 18.3 Å². The van der Waals surface area contributed by atoms with E-state index in [1.165, 1.54) is 6.08 Å². The van der Waals surface area contributed by atoms with Gasteiger partial charge in [0.2, 0.25) is 11.7 Å². The summed E-state index contributed by atoms with van der Waals surface area (Å²) >= 11 is 0. The Kier molecular flexibility index (Phi) is 3.64. The molecule has 0 spiro atoms. The monoisotopic (exact) mass is 182 g/mol. The highest BCUT2D eigenvalue weighted by Crippen LogP contribution is 2.17. The topological polar surface area (TPSA) is 48.2 Å². The average molecular weight is 182 g/mol. The lowest BCUT2D eigenvalue weighted by Gasteiger charge is -2.08. The lowest BCUT2D eigenvalue weighted by Crippen LogP contribution is -2.04. The predicted octanol–water partition coefficient (Wildman–Crippen LogP) is 2.20. The van der Waals surface area contributed by atoms with Gasteiger partial charge in [-0.1, -0.05) is 18.7 Å². The van der Waals surface area contributed by atoms with Crippen LogP contribution in [0.5, 0.6) is 0 Å². The van der Waals surface area contributed by atoms with Crippen LogP contribution in [0.3, 0.4) is 0 Å². The average Bonchev–Trinajstić information content (AvgIpc) is 2.62. The van der Waals surface area contributed by atoms with Gasteiger partial charge in [-0.05, 0) is 19.4 Å².